The minimum absolute atomic E-state index is 0.173. The van der Waals surface area contributed by atoms with Crippen LogP contribution in [0.15, 0.2) is 39.5 Å². The number of nitrogens with zero attached hydrogens (tertiary/aromatic N) is 1. The van der Waals surface area contributed by atoms with Crippen LogP contribution in [0.2, 0.25) is 0 Å². The Hall–Kier alpha value is -2.99. The summed E-state index contributed by atoms with van der Waals surface area (Å²) in [7, 11) is 0. The van der Waals surface area contributed by atoms with Crippen molar-refractivity contribution in [3.05, 3.63) is 51.9 Å². The van der Waals surface area contributed by atoms with Crippen LogP contribution < -0.4 is 15.1 Å². The van der Waals surface area contributed by atoms with Gasteiger partial charge in [-0.15, -0.1) is 0 Å². The number of phenolic OH excluding ortho intramolecular Hbond substituents is 1. The first-order valence-electron chi connectivity index (χ1n) is 11.0. The molecule has 162 valence electrons. The quantitative estimate of drug-likeness (QED) is 0.622. The van der Waals surface area contributed by atoms with Crippen LogP contribution in [0.5, 0.6) is 17.2 Å². The Morgan fingerprint density at radius 3 is 2.48 bits per heavy atom. The maximum atomic E-state index is 13.1. The zero-order valence-corrected chi connectivity index (χ0v) is 17.8. The van der Waals surface area contributed by atoms with E-state index in [4.69, 9.17) is 13.9 Å². The Kier molecular flexibility index (Phi) is 5.32. The van der Waals surface area contributed by atoms with Crippen molar-refractivity contribution in [2.75, 3.05) is 26.3 Å². The van der Waals surface area contributed by atoms with E-state index in [0.29, 0.717) is 48.0 Å². The molecule has 1 aromatic heterocycles. The minimum Gasteiger partial charge on any atom is -0.507 e. The Labute approximate surface area is 181 Å². The zero-order valence-electron chi connectivity index (χ0n) is 17.8. The second kappa shape index (κ2) is 8.27. The Balaban J connectivity index is 1.60. The lowest BCUT2D eigenvalue weighted by atomic mass is 9.97. The molecule has 0 amide bonds. The molecule has 0 bridgehead atoms. The van der Waals surface area contributed by atoms with Gasteiger partial charge in [-0.3, -0.25) is 4.90 Å². The summed E-state index contributed by atoms with van der Waals surface area (Å²) in [5, 5.41) is 11.4. The second-order valence-electron chi connectivity index (χ2n) is 8.38. The van der Waals surface area contributed by atoms with Crippen molar-refractivity contribution in [1.82, 2.24) is 4.90 Å². The molecular weight excluding hydrogens is 394 g/mol. The van der Waals surface area contributed by atoms with Gasteiger partial charge in [0.25, 0.3) is 0 Å². The summed E-state index contributed by atoms with van der Waals surface area (Å²) in [6.07, 6.45) is 4.79. The molecule has 3 aromatic rings. The molecule has 0 saturated carbocycles. The summed E-state index contributed by atoms with van der Waals surface area (Å²) >= 11 is 0. The lowest BCUT2D eigenvalue weighted by molar-refractivity contribution is 0.171. The number of hydrogen-bond acceptors (Lipinski definition) is 6. The lowest BCUT2D eigenvalue weighted by Gasteiger charge is -2.21. The van der Waals surface area contributed by atoms with E-state index < -0.39 is 5.63 Å². The molecule has 1 N–H and O–H groups in total. The molecule has 6 nitrogen and oxygen atoms in total. The fraction of sp³-hybridized carbons (Fsp3) is 0.400. The van der Waals surface area contributed by atoms with Gasteiger partial charge in [0.2, 0.25) is 0 Å². The minimum atomic E-state index is -0.413. The first-order valence-corrected chi connectivity index (χ1v) is 11.0. The molecule has 3 heterocycles. The van der Waals surface area contributed by atoms with Gasteiger partial charge in [0.15, 0.2) is 11.5 Å². The summed E-state index contributed by atoms with van der Waals surface area (Å²) in [5.41, 5.74) is 2.83. The molecule has 0 aliphatic carbocycles. The van der Waals surface area contributed by atoms with Crippen LogP contribution in [0, 0.1) is 6.92 Å². The molecule has 2 aliphatic rings. The maximum Gasteiger partial charge on any atom is 0.344 e. The van der Waals surface area contributed by atoms with E-state index in [9.17, 15) is 9.90 Å². The normalized spacial score (nSPS) is 16.9. The van der Waals surface area contributed by atoms with Crippen LogP contribution in [0.4, 0.5) is 0 Å². The lowest BCUT2D eigenvalue weighted by Crippen LogP contribution is -2.24. The molecule has 31 heavy (non-hydrogen) atoms. The molecule has 0 radical (unpaired) electrons. The summed E-state index contributed by atoms with van der Waals surface area (Å²) in [4.78, 5) is 15.4. The van der Waals surface area contributed by atoms with Crippen LogP contribution in [0.1, 0.15) is 36.8 Å². The van der Waals surface area contributed by atoms with Crippen LogP contribution in [-0.4, -0.2) is 36.3 Å². The zero-order chi connectivity index (χ0) is 21.4. The fourth-order valence-corrected chi connectivity index (χ4v) is 4.66. The van der Waals surface area contributed by atoms with E-state index in [1.165, 1.54) is 12.8 Å². The maximum absolute atomic E-state index is 13.1. The molecule has 1 saturated heterocycles. The van der Waals surface area contributed by atoms with E-state index in [0.717, 1.165) is 42.4 Å². The largest absolute Gasteiger partial charge is 0.507 e. The van der Waals surface area contributed by atoms with Crippen molar-refractivity contribution < 1.29 is 19.0 Å². The average Bonchev–Trinajstić information content (AvgIpc) is 3.04. The highest BCUT2D eigenvalue weighted by Gasteiger charge is 2.21. The summed E-state index contributed by atoms with van der Waals surface area (Å²) < 4.78 is 17.1. The molecule has 0 spiro atoms. The van der Waals surface area contributed by atoms with Gasteiger partial charge >= 0.3 is 5.63 Å². The molecule has 0 unspecified atom stereocenters. The Morgan fingerprint density at radius 2 is 1.71 bits per heavy atom. The van der Waals surface area contributed by atoms with Crippen LogP contribution >= 0.6 is 0 Å². The van der Waals surface area contributed by atoms with Crippen LogP contribution in [0.25, 0.3) is 22.1 Å². The topological polar surface area (TPSA) is 72.1 Å². The average molecular weight is 421 g/mol. The van der Waals surface area contributed by atoms with E-state index >= 15 is 0 Å². The van der Waals surface area contributed by atoms with Crippen molar-refractivity contribution in [2.45, 2.75) is 39.2 Å². The summed E-state index contributed by atoms with van der Waals surface area (Å²) in [6, 6.07) is 9.05. The Morgan fingerprint density at radius 1 is 0.968 bits per heavy atom. The fourth-order valence-electron chi connectivity index (χ4n) is 4.66. The molecule has 2 aliphatic heterocycles. The highest BCUT2D eigenvalue weighted by molar-refractivity contribution is 5.90. The number of ether oxygens (including phenoxy) is 2. The third kappa shape index (κ3) is 3.76. The smallest absolute Gasteiger partial charge is 0.344 e. The van der Waals surface area contributed by atoms with Gasteiger partial charge in [-0.2, -0.15) is 0 Å². The number of likely N-dealkylation sites (tertiary alicyclic amines) is 1. The van der Waals surface area contributed by atoms with Gasteiger partial charge < -0.3 is 19.0 Å². The van der Waals surface area contributed by atoms with E-state index in [1.807, 2.05) is 31.2 Å². The van der Waals surface area contributed by atoms with Gasteiger partial charge in [0.05, 0.1) is 11.1 Å². The van der Waals surface area contributed by atoms with Crippen molar-refractivity contribution >= 4 is 11.0 Å². The standard InChI is InChI=1S/C25H27NO5/c1-16-18-7-8-20(27)19(15-26-10-4-2-3-5-11-26)24(18)31-25(28)23(16)17-6-9-21-22(14-17)30-13-12-29-21/h6-9,14,27H,2-5,10-13,15H2,1H3. The predicted octanol–water partition coefficient (Wildman–Crippen LogP) is 4.62. The first kappa shape index (κ1) is 19.9. The van der Waals surface area contributed by atoms with Crippen LogP contribution in [-0.2, 0) is 6.54 Å². The third-order valence-electron chi connectivity index (χ3n) is 6.32. The van der Waals surface area contributed by atoms with Gasteiger partial charge in [0, 0.05) is 11.9 Å². The van der Waals surface area contributed by atoms with Gasteiger partial charge in [-0.25, -0.2) is 4.79 Å². The molecule has 1 fully saturated rings. The number of benzene rings is 2. The van der Waals surface area contributed by atoms with Crippen molar-refractivity contribution in [3.8, 4) is 28.4 Å². The van der Waals surface area contributed by atoms with E-state index in [-0.39, 0.29) is 5.75 Å². The molecule has 0 atom stereocenters. The van der Waals surface area contributed by atoms with E-state index in [1.54, 1.807) is 6.07 Å². The molecule has 2 aromatic carbocycles. The first-order chi connectivity index (χ1) is 15.1. The highest BCUT2D eigenvalue weighted by Crippen LogP contribution is 2.37. The van der Waals surface area contributed by atoms with E-state index in [2.05, 4.69) is 4.90 Å². The van der Waals surface area contributed by atoms with Crippen molar-refractivity contribution in [3.63, 3.8) is 0 Å². The Bertz CT molecular complexity index is 1170. The predicted molar refractivity (Wildman–Crippen MR) is 119 cm³/mol. The van der Waals surface area contributed by atoms with Gasteiger partial charge in [0.1, 0.15) is 24.5 Å². The SMILES string of the molecule is Cc1c(-c2ccc3c(c2)OCCO3)c(=O)oc2c(CN3CCCCCC3)c(O)ccc12. The van der Waals surface area contributed by atoms with Crippen LogP contribution in [0.3, 0.4) is 0 Å². The number of hydrogen-bond donors (Lipinski definition) is 1. The number of phenols is 1. The number of rotatable bonds is 3. The van der Waals surface area contributed by atoms with Gasteiger partial charge in [-0.05, 0) is 68.2 Å². The van der Waals surface area contributed by atoms with Gasteiger partial charge in [-0.1, -0.05) is 18.9 Å². The monoisotopic (exact) mass is 421 g/mol. The highest BCUT2D eigenvalue weighted by atomic mass is 16.6. The number of aromatic hydroxyl groups is 1. The summed E-state index contributed by atoms with van der Waals surface area (Å²) in [5.74, 6) is 1.49. The second-order valence-corrected chi connectivity index (χ2v) is 8.38. The van der Waals surface area contributed by atoms with Crippen molar-refractivity contribution in [2.24, 2.45) is 0 Å². The third-order valence-corrected chi connectivity index (χ3v) is 6.32. The molecule has 5 rings (SSSR count). The number of aryl methyl sites for hydroxylation is 1. The van der Waals surface area contributed by atoms with Crippen molar-refractivity contribution in [1.29, 1.82) is 0 Å². The summed E-state index contributed by atoms with van der Waals surface area (Å²) in [6.45, 7) is 5.50. The molecule has 6 heteroatoms. The number of fused-ring (bicyclic) bond motifs is 2. The molecular formula is C25H27NO5.